The van der Waals surface area contributed by atoms with Gasteiger partial charge in [-0.3, -0.25) is 9.59 Å². The van der Waals surface area contributed by atoms with Crippen LogP contribution in [0.1, 0.15) is 83.7 Å². The molecule has 0 bridgehead atoms. The fourth-order valence-electron chi connectivity index (χ4n) is 5.46. The number of hydrogen-bond donors (Lipinski definition) is 2. The van der Waals surface area contributed by atoms with Gasteiger partial charge in [-0.25, -0.2) is 4.79 Å². The second-order valence-corrected chi connectivity index (χ2v) is 12.2. The number of nitrogens with zero attached hydrogens (tertiary/aromatic N) is 3. The molecule has 0 saturated heterocycles. The van der Waals surface area contributed by atoms with E-state index in [4.69, 9.17) is 4.74 Å². The monoisotopic (exact) mass is 581 g/mol. The van der Waals surface area contributed by atoms with Crippen LogP contribution in [0, 0.1) is 0 Å². The van der Waals surface area contributed by atoms with E-state index in [1.54, 1.807) is 6.92 Å². The van der Waals surface area contributed by atoms with Crippen molar-refractivity contribution < 1.29 is 19.1 Å². The number of aryl methyl sites for hydroxylation is 1. The van der Waals surface area contributed by atoms with Crippen LogP contribution in [0.2, 0.25) is 0 Å². The van der Waals surface area contributed by atoms with Crippen LogP contribution in [0.25, 0.3) is 0 Å². The largest absolute Gasteiger partial charge is 0.462 e. The number of esters is 1. The first-order chi connectivity index (χ1) is 19.5. The van der Waals surface area contributed by atoms with Crippen molar-refractivity contribution in [2.75, 3.05) is 17.7 Å². The Morgan fingerprint density at radius 2 is 1.85 bits per heavy atom. The van der Waals surface area contributed by atoms with Crippen LogP contribution >= 0.6 is 23.1 Å². The van der Waals surface area contributed by atoms with Crippen molar-refractivity contribution in [1.29, 1.82) is 0 Å². The van der Waals surface area contributed by atoms with E-state index in [1.807, 2.05) is 30.3 Å². The molecule has 0 atom stereocenters. The summed E-state index contributed by atoms with van der Waals surface area (Å²) in [6.45, 7) is 2.36. The molecule has 0 spiro atoms. The van der Waals surface area contributed by atoms with Gasteiger partial charge in [0.2, 0.25) is 11.8 Å². The van der Waals surface area contributed by atoms with E-state index in [9.17, 15) is 14.4 Å². The quantitative estimate of drug-likeness (QED) is 0.239. The molecule has 5 rings (SSSR count). The molecule has 3 aromatic rings. The van der Waals surface area contributed by atoms with E-state index < -0.39 is 0 Å². The Bertz CT molecular complexity index is 1350. The second kappa shape index (κ2) is 13.5. The molecule has 0 aliphatic heterocycles. The molecule has 1 saturated carbocycles. The van der Waals surface area contributed by atoms with Crippen LogP contribution in [0.3, 0.4) is 0 Å². The van der Waals surface area contributed by atoms with Crippen LogP contribution in [-0.2, 0) is 40.1 Å². The fraction of sp³-hybridized carbons (Fsp3) is 0.483. The Balaban J connectivity index is 1.25. The van der Waals surface area contributed by atoms with Crippen LogP contribution in [0.15, 0.2) is 35.5 Å². The number of benzene rings is 1. The molecule has 9 nitrogen and oxygen atoms in total. The number of carbonyl (C=O) groups is 3. The van der Waals surface area contributed by atoms with Crippen molar-refractivity contribution in [3.8, 4) is 0 Å². The first-order valence-corrected chi connectivity index (χ1v) is 15.8. The van der Waals surface area contributed by atoms with Crippen molar-refractivity contribution in [3.05, 3.63) is 57.7 Å². The van der Waals surface area contributed by atoms with Crippen molar-refractivity contribution in [3.63, 3.8) is 0 Å². The number of fused-ring (bicyclic) bond motifs is 1. The molecule has 1 fully saturated rings. The highest BCUT2D eigenvalue weighted by Crippen LogP contribution is 2.40. The summed E-state index contributed by atoms with van der Waals surface area (Å²) in [4.78, 5) is 39.4. The molecule has 11 heteroatoms. The summed E-state index contributed by atoms with van der Waals surface area (Å²) in [5, 5.41) is 16.0. The molecule has 2 aliphatic carbocycles. The van der Waals surface area contributed by atoms with E-state index >= 15 is 0 Å². The summed E-state index contributed by atoms with van der Waals surface area (Å²) < 4.78 is 7.40. The maximum absolute atomic E-state index is 13.0. The average molecular weight is 582 g/mol. The molecule has 0 unspecified atom stereocenters. The Morgan fingerprint density at radius 1 is 1.05 bits per heavy atom. The maximum atomic E-state index is 13.0. The van der Waals surface area contributed by atoms with E-state index in [-0.39, 0.29) is 36.1 Å². The molecule has 40 heavy (non-hydrogen) atoms. The number of carbonyl (C=O) groups excluding carboxylic acids is 3. The summed E-state index contributed by atoms with van der Waals surface area (Å²) in [5.41, 5.74) is 2.48. The molecule has 2 amide bonds. The van der Waals surface area contributed by atoms with Gasteiger partial charge in [0.05, 0.1) is 30.9 Å². The van der Waals surface area contributed by atoms with Gasteiger partial charge < -0.3 is 19.9 Å². The van der Waals surface area contributed by atoms with Crippen LogP contribution in [-0.4, -0.2) is 44.9 Å². The normalized spacial score (nSPS) is 15.0. The zero-order valence-electron chi connectivity index (χ0n) is 22.7. The number of hydrogen-bond acceptors (Lipinski definition) is 8. The Labute approximate surface area is 242 Å². The Kier molecular flexibility index (Phi) is 9.53. The highest BCUT2D eigenvalue weighted by Gasteiger charge is 2.29. The van der Waals surface area contributed by atoms with Crippen LogP contribution in [0.5, 0.6) is 0 Å². The molecule has 2 aliphatic rings. The van der Waals surface area contributed by atoms with Crippen LogP contribution < -0.4 is 10.6 Å². The molecular weight excluding hydrogens is 546 g/mol. The standard InChI is InChI=1S/C29H35N5O4S2/c1-2-38-28(37)26-21-14-9-15-22(21)40-27(26)31-25(36)18-39-29-33-32-23(34(29)20-12-7-4-8-13-20)17-30-24(35)16-19-10-5-3-6-11-19/h3,5-6,10-11,20H,2,4,7-9,12-18H2,1H3,(H,30,35)(H,31,36). The summed E-state index contributed by atoms with van der Waals surface area (Å²) in [6, 6.07) is 9.88. The maximum Gasteiger partial charge on any atom is 0.341 e. The third-order valence-corrected chi connectivity index (χ3v) is 9.46. The van der Waals surface area contributed by atoms with Crippen LogP contribution in [0.4, 0.5) is 5.00 Å². The highest BCUT2D eigenvalue weighted by atomic mass is 32.2. The summed E-state index contributed by atoms with van der Waals surface area (Å²) in [5.74, 6) is 0.191. The van der Waals surface area contributed by atoms with Crippen molar-refractivity contribution >= 4 is 45.9 Å². The van der Waals surface area contributed by atoms with E-state index in [0.29, 0.717) is 34.6 Å². The Morgan fingerprint density at radius 3 is 2.62 bits per heavy atom. The lowest BCUT2D eigenvalue weighted by molar-refractivity contribution is -0.120. The van der Waals surface area contributed by atoms with Gasteiger partial charge in [0.1, 0.15) is 5.00 Å². The lowest BCUT2D eigenvalue weighted by Gasteiger charge is -2.25. The SMILES string of the molecule is CCOC(=O)c1c(NC(=O)CSc2nnc(CNC(=O)Cc3ccccc3)n2C2CCCCC2)sc2c1CCC2. The third-order valence-electron chi connectivity index (χ3n) is 7.31. The number of nitrogens with one attached hydrogen (secondary N) is 2. The molecule has 2 heterocycles. The molecule has 212 valence electrons. The lowest BCUT2D eigenvalue weighted by Crippen LogP contribution is -2.27. The zero-order valence-corrected chi connectivity index (χ0v) is 24.4. The summed E-state index contributed by atoms with van der Waals surface area (Å²) in [6.07, 6.45) is 8.59. The molecule has 1 aromatic carbocycles. The minimum absolute atomic E-state index is 0.0711. The van der Waals surface area contributed by atoms with E-state index in [0.717, 1.165) is 60.9 Å². The molecular formula is C29H35N5O4S2. The van der Waals surface area contributed by atoms with Crippen molar-refractivity contribution in [2.24, 2.45) is 0 Å². The second-order valence-electron chi connectivity index (χ2n) is 10.1. The number of rotatable bonds is 11. The van der Waals surface area contributed by atoms with Crippen molar-refractivity contribution in [2.45, 2.75) is 82.5 Å². The number of anilines is 1. The fourth-order valence-corrected chi connectivity index (χ4v) is 7.58. The van der Waals surface area contributed by atoms with Gasteiger partial charge >= 0.3 is 5.97 Å². The van der Waals surface area contributed by atoms with Gasteiger partial charge in [-0.05, 0) is 50.2 Å². The van der Waals surface area contributed by atoms with Gasteiger partial charge in [-0.15, -0.1) is 21.5 Å². The first kappa shape index (κ1) is 28.4. The predicted molar refractivity (Wildman–Crippen MR) is 156 cm³/mol. The smallest absolute Gasteiger partial charge is 0.341 e. The average Bonchev–Trinajstić information content (AvgIpc) is 3.66. The topological polar surface area (TPSA) is 115 Å². The van der Waals surface area contributed by atoms with Gasteiger partial charge in [-0.1, -0.05) is 61.4 Å². The predicted octanol–water partition coefficient (Wildman–Crippen LogP) is 5.10. The van der Waals surface area contributed by atoms with Crippen molar-refractivity contribution in [1.82, 2.24) is 20.1 Å². The molecule has 2 N–H and O–H groups in total. The van der Waals surface area contributed by atoms with Gasteiger partial charge in [-0.2, -0.15) is 0 Å². The number of thiophene rings is 1. The third kappa shape index (κ3) is 6.75. The van der Waals surface area contributed by atoms with E-state index in [1.165, 1.54) is 29.5 Å². The first-order valence-electron chi connectivity index (χ1n) is 14.0. The van der Waals surface area contributed by atoms with Gasteiger partial charge in [0, 0.05) is 10.9 Å². The number of amides is 2. The number of ether oxygens (including phenoxy) is 1. The van der Waals surface area contributed by atoms with Gasteiger partial charge in [0.15, 0.2) is 11.0 Å². The van der Waals surface area contributed by atoms with E-state index in [2.05, 4.69) is 25.4 Å². The minimum atomic E-state index is -0.374. The molecule has 0 radical (unpaired) electrons. The Hall–Kier alpha value is -3.18. The summed E-state index contributed by atoms with van der Waals surface area (Å²) >= 11 is 2.81. The lowest BCUT2D eigenvalue weighted by atomic mass is 9.95. The van der Waals surface area contributed by atoms with Gasteiger partial charge in [0.25, 0.3) is 0 Å². The molecule has 2 aromatic heterocycles. The zero-order chi connectivity index (χ0) is 27.9. The minimum Gasteiger partial charge on any atom is -0.462 e. The number of thioether (sulfide) groups is 1. The highest BCUT2D eigenvalue weighted by molar-refractivity contribution is 7.99. The number of aromatic nitrogens is 3. The summed E-state index contributed by atoms with van der Waals surface area (Å²) in [7, 11) is 0.